The number of anilines is 2. The SMILES string of the molecule is Cc1cc(F)ccc1NC(=O)CSc1cc(NCc2ccc(Cl)cc2)ncn1. The fourth-order valence-corrected chi connectivity index (χ4v) is 3.20. The van der Waals surface area contributed by atoms with E-state index in [1.165, 1.54) is 30.2 Å². The average Bonchev–Trinajstić information content (AvgIpc) is 2.68. The molecule has 0 bridgehead atoms. The molecule has 2 aromatic carbocycles. The van der Waals surface area contributed by atoms with Crippen LogP contribution in [0.2, 0.25) is 5.02 Å². The topological polar surface area (TPSA) is 66.9 Å². The number of aromatic nitrogens is 2. The summed E-state index contributed by atoms with van der Waals surface area (Å²) >= 11 is 7.18. The van der Waals surface area contributed by atoms with Gasteiger partial charge in [-0.3, -0.25) is 4.79 Å². The molecule has 0 saturated carbocycles. The van der Waals surface area contributed by atoms with Crippen LogP contribution in [0.3, 0.4) is 0 Å². The van der Waals surface area contributed by atoms with Gasteiger partial charge >= 0.3 is 0 Å². The van der Waals surface area contributed by atoms with E-state index < -0.39 is 0 Å². The maximum absolute atomic E-state index is 13.1. The van der Waals surface area contributed by atoms with Crippen molar-refractivity contribution in [2.75, 3.05) is 16.4 Å². The second kappa shape index (κ2) is 9.52. The average molecular weight is 417 g/mol. The number of carbonyl (C=O) groups is 1. The maximum atomic E-state index is 13.1. The largest absolute Gasteiger partial charge is 0.366 e. The molecule has 0 aliphatic carbocycles. The van der Waals surface area contributed by atoms with Crippen molar-refractivity contribution in [1.82, 2.24) is 9.97 Å². The highest BCUT2D eigenvalue weighted by atomic mass is 35.5. The first-order valence-corrected chi connectivity index (χ1v) is 9.85. The van der Waals surface area contributed by atoms with Crippen molar-refractivity contribution >= 4 is 40.8 Å². The highest BCUT2D eigenvalue weighted by Crippen LogP contribution is 2.20. The van der Waals surface area contributed by atoms with E-state index in [1.54, 1.807) is 19.1 Å². The lowest BCUT2D eigenvalue weighted by molar-refractivity contribution is -0.113. The van der Waals surface area contributed by atoms with Crippen LogP contribution in [0.1, 0.15) is 11.1 Å². The molecule has 0 radical (unpaired) electrons. The van der Waals surface area contributed by atoms with E-state index in [1.807, 2.05) is 24.3 Å². The van der Waals surface area contributed by atoms with Crippen LogP contribution in [0.4, 0.5) is 15.9 Å². The Labute approximate surface area is 171 Å². The monoisotopic (exact) mass is 416 g/mol. The summed E-state index contributed by atoms with van der Waals surface area (Å²) in [6, 6.07) is 13.6. The van der Waals surface area contributed by atoms with Crippen molar-refractivity contribution in [2.45, 2.75) is 18.5 Å². The van der Waals surface area contributed by atoms with Gasteiger partial charge in [0.05, 0.1) is 5.75 Å². The summed E-state index contributed by atoms with van der Waals surface area (Å²) in [7, 11) is 0. The van der Waals surface area contributed by atoms with Gasteiger partial charge in [0.15, 0.2) is 0 Å². The molecular weight excluding hydrogens is 399 g/mol. The van der Waals surface area contributed by atoms with Gasteiger partial charge in [-0.25, -0.2) is 14.4 Å². The molecule has 0 atom stereocenters. The van der Waals surface area contributed by atoms with E-state index in [2.05, 4.69) is 20.6 Å². The van der Waals surface area contributed by atoms with Crippen molar-refractivity contribution in [2.24, 2.45) is 0 Å². The van der Waals surface area contributed by atoms with E-state index in [9.17, 15) is 9.18 Å². The van der Waals surface area contributed by atoms with E-state index in [4.69, 9.17) is 11.6 Å². The molecular formula is C20H18ClFN4OS. The predicted molar refractivity (Wildman–Crippen MR) is 111 cm³/mol. The van der Waals surface area contributed by atoms with Gasteiger partial charge in [-0.05, 0) is 48.4 Å². The Hall–Kier alpha value is -2.64. The van der Waals surface area contributed by atoms with Crippen LogP contribution >= 0.6 is 23.4 Å². The summed E-state index contributed by atoms with van der Waals surface area (Å²) in [5.41, 5.74) is 2.35. The first-order valence-electron chi connectivity index (χ1n) is 8.49. The molecule has 0 spiro atoms. The number of hydrogen-bond acceptors (Lipinski definition) is 5. The Morgan fingerprint density at radius 3 is 2.68 bits per heavy atom. The number of carbonyl (C=O) groups excluding carboxylic acids is 1. The van der Waals surface area contributed by atoms with Gasteiger partial charge in [-0.15, -0.1) is 0 Å². The second-order valence-electron chi connectivity index (χ2n) is 6.02. The van der Waals surface area contributed by atoms with Crippen molar-refractivity contribution in [3.63, 3.8) is 0 Å². The maximum Gasteiger partial charge on any atom is 0.234 e. The minimum Gasteiger partial charge on any atom is -0.366 e. The Bertz CT molecular complexity index is 969. The first kappa shape index (κ1) is 20.1. The minimum absolute atomic E-state index is 0.185. The van der Waals surface area contributed by atoms with E-state index in [0.717, 1.165) is 5.56 Å². The fraction of sp³-hybridized carbons (Fsp3) is 0.150. The molecule has 3 rings (SSSR count). The van der Waals surface area contributed by atoms with Crippen molar-refractivity contribution in [3.8, 4) is 0 Å². The normalized spacial score (nSPS) is 10.5. The lowest BCUT2D eigenvalue weighted by atomic mass is 10.2. The van der Waals surface area contributed by atoms with E-state index in [-0.39, 0.29) is 17.5 Å². The summed E-state index contributed by atoms with van der Waals surface area (Å²) < 4.78 is 13.1. The molecule has 0 aliphatic rings. The summed E-state index contributed by atoms with van der Waals surface area (Å²) in [5.74, 6) is 0.338. The second-order valence-corrected chi connectivity index (χ2v) is 7.45. The third-order valence-corrected chi connectivity index (χ3v) is 5.02. The molecule has 0 aliphatic heterocycles. The molecule has 1 heterocycles. The highest BCUT2D eigenvalue weighted by molar-refractivity contribution is 7.99. The summed E-state index contributed by atoms with van der Waals surface area (Å²) in [5, 5.41) is 7.37. The molecule has 1 aromatic heterocycles. The number of halogens is 2. The summed E-state index contributed by atoms with van der Waals surface area (Å²) in [6.07, 6.45) is 1.45. The van der Waals surface area contributed by atoms with Crippen molar-refractivity contribution in [1.29, 1.82) is 0 Å². The summed E-state index contributed by atoms with van der Waals surface area (Å²) in [6.45, 7) is 2.34. The number of hydrogen-bond donors (Lipinski definition) is 2. The first-order chi connectivity index (χ1) is 13.5. The number of aryl methyl sites for hydroxylation is 1. The number of nitrogens with one attached hydrogen (secondary N) is 2. The van der Waals surface area contributed by atoms with E-state index >= 15 is 0 Å². The number of nitrogens with zero attached hydrogens (tertiary/aromatic N) is 2. The lowest BCUT2D eigenvalue weighted by Crippen LogP contribution is -2.15. The van der Waals surface area contributed by atoms with Crippen LogP contribution in [-0.4, -0.2) is 21.6 Å². The molecule has 144 valence electrons. The quantitative estimate of drug-likeness (QED) is 0.422. The van der Waals surface area contributed by atoms with Crippen LogP contribution in [0.15, 0.2) is 59.9 Å². The highest BCUT2D eigenvalue weighted by Gasteiger charge is 2.08. The third kappa shape index (κ3) is 5.94. The van der Waals surface area contributed by atoms with Crippen molar-refractivity contribution in [3.05, 3.63) is 76.8 Å². The van der Waals surface area contributed by atoms with Gasteiger partial charge in [0.2, 0.25) is 5.91 Å². The van der Waals surface area contributed by atoms with Crippen LogP contribution in [0.5, 0.6) is 0 Å². The molecule has 28 heavy (non-hydrogen) atoms. The zero-order valence-corrected chi connectivity index (χ0v) is 16.6. The predicted octanol–water partition coefficient (Wildman–Crippen LogP) is 4.92. The van der Waals surface area contributed by atoms with Gasteiger partial charge in [-0.2, -0.15) is 0 Å². The number of thioether (sulfide) groups is 1. The zero-order valence-electron chi connectivity index (χ0n) is 15.1. The smallest absolute Gasteiger partial charge is 0.234 e. The van der Waals surface area contributed by atoms with Gasteiger partial charge in [0, 0.05) is 23.3 Å². The summed E-state index contributed by atoms with van der Waals surface area (Å²) in [4.78, 5) is 20.5. The van der Waals surface area contributed by atoms with Gasteiger partial charge in [-0.1, -0.05) is 35.5 Å². The van der Waals surface area contributed by atoms with Crippen molar-refractivity contribution < 1.29 is 9.18 Å². The number of benzene rings is 2. The number of rotatable bonds is 7. The van der Waals surface area contributed by atoms with Crippen LogP contribution in [0, 0.1) is 12.7 Å². The molecule has 3 aromatic rings. The lowest BCUT2D eigenvalue weighted by Gasteiger charge is -2.09. The molecule has 0 fully saturated rings. The zero-order chi connectivity index (χ0) is 19.9. The minimum atomic E-state index is -0.329. The molecule has 2 N–H and O–H groups in total. The van der Waals surface area contributed by atoms with Gasteiger partial charge in [0.1, 0.15) is 23.0 Å². The molecule has 1 amide bonds. The van der Waals surface area contributed by atoms with Gasteiger partial charge in [0.25, 0.3) is 0 Å². The Balaban J connectivity index is 1.52. The Kier molecular flexibility index (Phi) is 6.84. The molecule has 5 nitrogen and oxygen atoms in total. The Morgan fingerprint density at radius 1 is 1.14 bits per heavy atom. The van der Waals surface area contributed by atoms with Crippen LogP contribution < -0.4 is 10.6 Å². The number of amides is 1. The molecule has 0 saturated heterocycles. The van der Waals surface area contributed by atoms with Gasteiger partial charge < -0.3 is 10.6 Å². The molecule has 8 heteroatoms. The van der Waals surface area contributed by atoms with Crippen LogP contribution in [-0.2, 0) is 11.3 Å². The third-order valence-electron chi connectivity index (χ3n) is 3.84. The fourth-order valence-electron chi connectivity index (χ4n) is 2.40. The van der Waals surface area contributed by atoms with Crippen LogP contribution in [0.25, 0.3) is 0 Å². The van der Waals surface area contributed by atoms with E-state index in [0.29, 0.717) is 33.7 Å². The molecule has 0 unspecified atom stereocenters. The Morgan fingerprint density at radius 2 is 1.93 bits per heavy atom. The standard InChI is InChI=1S/C20H18ClFN4OS/c1-13-8-16(22)6-7-17(13)26-19(27)11-28-20-9-18(24-12-25-20)23-10-14-2-4-15(21)5-3-14/h2-9,12H,10-11H2,1H3,(H,26,27)(H,23,24,25).